The first kappa shape index (κ1) is 10.3. The minimum Gasteiger partial charge on any atom is -0.0741 e. The van der Waals surface area contributed by atoms with Crippen LogP contribution in [0, 0.1) is 0 Å². The summed E-state index contributed by atoms with van der Waals surface area (Å²) in [6.07, 6.45) is 10.4. The third-order valence-corrected chi connectivity index (χ3v) is 3.37. The van der Waals surface area contributed by atoms with Gasteiger partial charge >= 0.3 is 0 Å². The molecule has 1 aliphatic rings. The second-order valence-electron chi connectivity index (χ2n) is 4.61. The van der Waals surface area contributed by atoms with Gasteiger partial charge in [-0.2, -0.15) is 0 Å². The van der Waals surface area contributed by atoms with Gasteiger partial charge in [0.05, 0.1) is 14.9 Å². The lowest BCUT2D eigenvalue weighted by Gasteiger charge is -2.17. The molecule has 2 atom stereocenters. The van der Waals surface area contributed by atoms with E-state index < -0.39 is 0 Å². The van der Waals surface area contributed by atoms with Crippen molar-refractivity contribution in [3.8, 4) is 0 Å². The molecule has 0 nitrogen and oxygen atoms in total. The van der Waals surface area contributed by atoms with Crippen LogP contribution in [0.1, 0.15) is 44.9 Å². The van der Waals surface area contributed by atoms with E-state index in [9.17, 15) is 0 Å². The van der Waals surface area contributed by atoms with E-state index in [2.05, 4.69) is 15.6 Å². The highest BCUT2D eigenvalue weighted by Gasteiger charge is 2.13. The maximum absolute atomic E-state index is 2.44. The Balaban J connectivity index is 2.32. The smallest absolute Gasteiger partial charge is 0.0741 e. The van der Waals surface area contributed by atoms with E-state index in [0.717, 1.165) is 11.6 Å². The molecule has 0 bridgehead atoms. The molecule has 0 heterocycles. The van der Waals surface area contributed by atoms with Crippen molar-refractivity contribution in [1.82, 2.24) is 0 Å². The van der Waals surface area contributed by atoms with Gasteiger partial charge < -0.3 is 0 Å². The molecule has 0 saturated heterocycles. The summed E-state index contributed by atoms with van der Waals surface area (Å²) in [4.78, 5) is 0. The summed E-state index contributed by atoms with van der Waals surface area (Å²) in [5, 5.41) is 0. The molecule has 2 unspecified atom stereocenters. The quantitative estimate of drug-likeness (QED) is 0.502. The molecule has 0 spiro atoms. The first-order valence-corrected chi connectivity index (χ1v) is 5.83. The van der Waals surface area contributed by atoms with Crippen molar-refractivity contribution < 1.29 is 0 Å². The summed E-state index contributed by atoms with van der Waals surface area (Å²) >= 11 is 0. The molecule has 1 aliphatic carbocycles. The molecule has 0 aromatic rings. The lowest BCUT2D eigenvalue weighted by molar-refractivity contribution is 0.621. The Labute approximate surface area is 79.9 Å². The van der Waals surface area contributed by atoms with Crippen molar-refractivity contribution in [1.29, 1.82) is 0 Å². The Hall–Kier alpha value is 0.195. The van der Waals surface area contributed by atoms with Gasteiger partial charge in [0.2, 0.25) is 0 Å². The van der Waals surface area contributed by atoms with Crippen LogP contribution in [0.2, 0.25) is 11.6 Å². The topological polar surface area (TPSA) is 0 Å². The van der Waals surface area contributed by atoms with E-state index in [1.54, 1.807) is 0 Å². The molecular weight excluding hydrogens is 141 g/mol. The highest BCUT2D eigenvalue weighted by Crippen LogP contribution is 2.30. The van der Waals surface area contributed by atoms with Gasteiger partial charge in [0, 0.05) is 0 Å². The minimum absolute atomic E-state index is 0.994. The summed E-state index contributed by atoms with van der Waals surface area (Å²) in [6.45, 7) is 0. The van der Waals surface area contributed by atoms with Crippen molar-refractivity contribution in [3.05, 3.63) is 0 Å². The van der Waals surface area contributed by atoms with E-state index in [1.807, 2.05) is 0 Å². The molecule has 12 heavy (non-hydrogen) atoms. The largest absolute Gasteiger partial charge is 0.105 e. The fourth-order valence-corrected chi connectivity index (χ4v) is 2.45. The average Bonchev–Trinajstić information content (AvgIpc) is 2.16. The molecule has 0 N–H and O–H groups in total. The fourth-order valence-electron chi connectivity index (χ4n) is 2.45. The standard InChI is InChI=1S/C9H21B3/c10-8-5-3-1-2-4-6-9(7-8)12-11/h8-9,12H,1-7,10-11H2. The Morgan fingerprint density at radius 2 is 1.67 bits per heavy atom. The lowest BCUT2D eigenvalue weighted by Crippen LogP contribution is -2.07. The van der Waals surface area contributed by atoms with E-state index in [0.29, 0.717) is 0 Å². The number of hydrogen-bond acceptors (Lipinski definition) is 0. The summed E-state index contributed by atoms with van der Waals surface area (Å²) < 4.78 is 0. The molecule has 0 amide bonds. The first-order valence-electron chi connectivity index (χ1n) is 5.83. The van der Waals surface area contributed by atoms with Crippen LogP contribution in [0.25, 0.3) is 0 Å². The maximum Gasteiger partial charge on any atom is 0.105 e. The second-order valence-corrected chi connectivity index (χ2v) is 4.61. The first-order chi connectivity index (χ1) is 5.83. The predicted octanol–water partition coefficient (Wildman–Crippen LogP) is 0.925. The van der Waals surface area contributed by atoms with Gasteiger partial charge in [-0.05, 0) is 0 Å². The van der Waals surface area contributed by atoms with E-state index in [4.69, 9.17) is 0 Å². The van der Waals surface area contributed by atoms with Gasteiger partial charge in [0.1, 0.15) is 7.85 Å². The molecule has 0 aliphatic heterocycles. The van der Waals surface area contributed by atoms with Gasteiger partial charge in [-0.25, -0.2) is 0 Å². The Morgan fingerprint density at radius 3 is 2.33 bits per heavy atom. The summed E-state index contributed by atoms with van der Waals surface area (Å²) in [7, 11) is 6.20. The maximum atomic E-state index is 2.44. The van der Waals surface area contributed by atoms with Crippen LogP contribution >= 0.6 is 0 Å². The normalized spacial score (nSPS) is 33.0. The summed E-state index contributed by atoms with van der Waals surface area (Å²) in [6, 6.07) is 0. The molecular formula is C9H21B3. The Kier molecular flexibility index (Phi) is 4.95. The highest BCUT2D eigenvalue weighted by molar-refractivity contribution is 6.90. The van der Waals surface area contributed by atoms with Crippen LogP contribution in [0.4, 0.5) is 0 Å². The van der Waals surface area contributed by atoms with Gasteiger partial charge in [-0.3, -0.25) is 0 Å². The van der Waals surface area contributed by atoms with Gasteiger partial charge in [0.15, 0.2) is 0 Å². The summed E-state index contributed by atoms with van der Waals surface area (Å²) in [5.74, 6) is 2.03. The molecule has 0 radical (unpaired) electrons. The van der Waals surface area contributed by atoms with Crippen LogP contribution in [-0.2, 0) is 0 Å². The van der Waals surface area contributed by atoms with Crippen molar-refractivity contribution in [2.75, 3.05) is 0 Å². The molecule has 66 valence electrons. The molecule has 0 aromatic carbocycles. The van der Waals surface area contributed by atoms with Crippen molar-refractivity contribution in [2.24, 2.45) is 0 Å². The van der Waals surface area contributed by atoms with Crippen LogP contribution in [0.5, 0.6) is 0 Å². The van der Waals surface area contributed by atoms with Gasteiger partial charge in [-0.1, -0.05) is 56.6 Å². The van der Waals surface area contributed by atoms with Crippen LogP contribution in [-0.4, -0.2) is 22.8 Å². The van der Waals surface area contributed by atoms with E-state index in [-0.39, 0.29) is 0 Å². The SMILES string of the molecule is BBC1CCCCCCC(B)C1. The second kappa shape index (κ2) is 5.77. The van der Waals surface area contributed by atoms with Crippen molar-refractivity contribution >= 4 is 22.8 Å². The third-order valence-electron chi connectivity index (χ3n) is 3.37. The number of hydrogen-bond donors (Lipinski definition) is 0. The highest BCUT2D eigenvalue weighted by atomic mass is 14.1. The van der Waals surface area contributed by atoms with Gasteiger partial charge in [0.25, 0.3) is 0 Å². The van der Waals surface area contributed by atoms with E-state index >= 15 is 0 Å². The van der Waals surface area contributed by atoms with Crippen LogP contribution in [0.3, 0.4) is 0 Å². The number of rotatable bonds is 1. The Bertz CT molecular complexity index is 116. The summed E-state index contributed by atoms with van der Waals surface area (Å²) in [5.41, 5.74) is 0. The van der Waals surface area contributed by atoms with E-state index in [1.165, 1.54) is 52.1 Å². The third kappa shape index (κ3) is 3.73. The zero-order valence-corrected chi connectivity index (χ0v) is 8.81. The molecule has 0 aromatic heterocycles. The van der Waals surface area contributed by atoms with Crippen molar-refractivity contribution in [3.63, 3.8) is 0 Å². The van der Waals surface area contributed by atoms with Crippen LogP contribution < -0.4 is 0 Å². The zero-order chi connectivity index (χ0) is 8.81. The fraction of sp³-hybridized carbons (Fsp3) is 1.00. The predicted molar refractivity (Wildman–Crippen MR) is 64.1 cm³/mol. The minimum atomic E-state index is 0.994. The van der Waals surface area contributed by atoms with Crippen LogP contribution in [0.15, 0.2) is 0 Å². The molecule has 3 heteroatoms. The monoisotopic (exact) mass is 162 g/mol. The zero-order valence-electron chi connectivity index (χ0n) is 8.81. The van der Waals surface area contributed by atoms with Crippen molar-refractivity contribution in [2.45, 2.75) is 56.6 Å². The lowest BCUT2D eigenvalue weighted by atomic mass is 9.44. The molecule has 1 rings (SSSR count). The van der Waals surface area contributed by atoms with Gasteiger partial charge in [-0.15, -0.1) is 0 Å². The Morgan fingerprint density at radius 1 is 1.00 bits per heavy atom. The molecule has 1 fully saturated rings. The molecule has 1 saturated carbocycles. The average molecular weight is 162 g/mol.